The number of rotatable bonds is 6. The van der Waals surface area contributed by atoms with Crippen molar-refractivity contribution in [2.24, 2.45) is 5.92 Å². The number of aliphatic hydroxyl groups excluding tert-OH is 1. The molecule has 1 amide bonds. The van der Waals surface area contributed by atoms with Crippen molar-refractivity contribution < 1.29 is 9.90 Å². The predicted octanol–water partition coefficient (Wildman–Crippen LogP) is 2.65. The number of hydrogen-bond acceptors (Lipinski definition) is 3. The van der Waals surface area contributed by atoms with Crippen LogP contribution in [0.1, 0.15) is 76.0 Å². The van der Waals surface area contributed by atoms with E-state index >= 15 is 0 Å². The van der Waals surface area contributed by atoms with Crippen LogP contribution in [0.25, 0.3) is 0 Å². The van der Waals surface area contributed by atoms with E-state index in [4.69, 9.17) is 0 Å². The van der Waals surface area contributed by atoms with Gasteiger partial charge >= 0.3 is 0 Å². The molecule has 1 fully saturated rings. The van der Waals surface area contributed by atoms with Gasteiger partial charge in [-0.15, -0.1) is 0 Å². The molecule has 2 unspecified atom stereocenters. The van der Waals surface area contributed by atoms with Crippen LogP contribution in [0.2, 0.25) is 0 Å². The van der Waals surface area contributed by atoms with E-state index < -0.39 is 6.10 Å². The first kappa shape index (κ1) is 17.0. The fraction of sp³-hybridized carbons (Fsp3) is 0.765. The monoisotopic (exact) mass is 307 g/mol. The average Bonchev–Trinajstić information content (AvgIpc) is 3.20. The van der Waals surface area contributed by atoms with E-state index in [2.05, 4.69) is 31.2 Å². The molecule has 124 valence electrons. The summed E-state index contributed by atoms with van der Waals surface area (Å²) in [6.07, 6.45) is 2.73. The summed E-state index contributed by atoms with van der Waals surface area (Å²) < 4.78 is 1.98. The van der Waals surface area contributed by atoms with E-state index in [1.54, 1.807) is 0 Å². The quantitative estimate of drug-likeness (QED) is 0.849. The van der Waals surface area contributed by atoms with Crippen molar-refractivity contribution in [1.82, 2.24) is 15.1 Å². The molecule has 5 heteroatoms. The van der Waals surface area contributed by atoms with Crippen LogP contribution in [0.5, 0.6) is 0 Å². The SMILES string of the molecule is CCC(C)C(O)CNC(=O)c1cc(C2CC2)n(C(C)(C)C)n1. The number of aromatic nitrogens is 2. The van der Waals surface area contributed by atoms with Gasteiger partial charge in [0.2, 0.25) is 0 Å². The lowest BCUT2D eigenvalue weighted by molar-refractivity contribution is 0.0844. The van der Waals surface area contributed by atoms with E-state index in [0.29, 0.717) is 11.6 Å². The van der Waals surface area contributed by atoms with Gasteiger partial charge < -0.3 is 10.4 Å². The highest BCUT2D eigenvalue weighted by Crippen LogP contribution is 2.41. The van der Waals surface area contributed by atoms with Crippen molar-refractivity contribution in [2.45, 2.75) is 71.4 Å². The van der Waals surface area contributed by atoms with Crippen molar-refractivity contribution in [3.8, 4) is 0 Å². The lowest BCUT2D eigenvalue weighted by Gasteiger charge is -2.22. The topological polar surface area (TPSA) is 67.2 Å². The van der Waals surface area contributed by atoms with Gasteiger partial charge in [0.25, 0.3) is 5.91 Å². The molecule has 0 aliphatic heterocycles. The normalized spacial score (nSPS) is 18.1. The van der Waals surface area contributed by atoms with Crippen molar-refractivity contribution in [3.05, 3.63) is 17.5 Å². The summed E-state index contributed by atoms with van der Waals surface area (Å²) in [7, 11) is 0. The van der Waals surface area contributed by atoms with Crippen LogP contribution in [-0.4, -0.2) is 33.4 Å². The zero-order valence-corrected chi connectivity index (χ0v) is 14.4. The maximum absolute atomic E-state index is 12.3. The van der Waals surface area contributed by atoms with Crippen LogP contribution in [0.15, 0.2) is 6.07 Å². The molecular weight excluding hydrogens is 278 g/mol. The minimum atomic E-state index is -0.512. The highest BCUT2D eigenvalue weighted by molar-refractivity contribution is 5.92. The highest BCUT2D eigenvalue weighted by Gasteiger charge is 2.32. The molecule has 1 aliphatic rings. The summed E-state index contributed by atoms with van der Waals surface area (Å²) in [4.78, 5) is 12.3. The molecule has 0 radical (unpaired) electrons. The standard InChI is InChI=1S/C17H29N3O2/c1-6-11(2)15(21)10-18-16(22)13-9-14(12-7-8-12)20(19-13)17(3,4)5/h9,11-12,15,21H,6-8,10H2,1-5H3,(H,18,22). The van der Waals surface area contributed by atoms with Gasteiger partial charge in [0.15, 0.2) is 0 Å². The van der Waals surface area contributed by atoms with Gasteiger partial charge in [-0.3, -0.25) is 9.48 Å². The van der Waals surface area contributed by atoms with Crippen LogP contribution in [0.4, 0.5) is 0 Å². The molecule has 1 aromatic heterocycles. The minimum absolute atomic E-state index is 0.132. The van der Waals surface area contributed by atoms with Crippen molar-refractivity contribution in [1.29, 1.82) is 0 Å². The third kappa shape index (κ3) is 3.88. The molecular formula is C17H29N3O2. The van der Waals surface area contributed by atoms with Crippen molar-refractivity contribution >= 4 is 5.91 Å². The van der Waals surface area contributed by atoms with Gasteiger partial charge in [0.05, 0.1) is 11.6 Å². The Morgan fingerprint density at radius 1 is 1.50 bits per heavy atom. The minimum Gasteiger partial charge on any atom is -0.391 e. The number of aliphatic hydroxyl groups is 1. The summed E-state index contributed by atoms with van der Waals surface area (Å²) in [6, 6.07) is 1.91. The van der Waals surface area contributed by atoms with Gasteiger partial charge in [-0.25, -0.2) is 0 Å². The first-order valence-corrected chi connectivity index (χ1v) is 8.30. The molecule has 0 bridgehead atoms. The van der Waals surface area contributed by atoms with Gasteiger partial charge in [-0.2, -0.15) is 5.10 Å². The largest absolute Gasteiger partial charge is 0.391 e. The van der Waals surface area contributed by atoms with Crippen molar-refractivity contribution in [2.75, 3.05) is 6.54 Å². The number of hydrogen-bond donors (Lipinski definition) is 2. The predicted molar refractivity (Wildman–Crippen MR) is 87.0 cm³/mol. The molecule has 1 saturated carbocycles. The second-order valence-electron chi connectivity index (χ2n) is 7.47. The lowest BCUT2D eigenvalue weighted by atomic mass is 10.0. The summed E-state index contributed by atoms with van der Waals surface area (Å²) in [5.41, 5.74) is 1.47. The molecule has 22 heavy (non-hydrogen) atoms. The molecule has 0 aromatic carbocycles. The zero-order chi connectivity index (χ0) is 16.5. The molecule has 2 rings (SSSR count). The Labute approximate surface area is 133 Å². The van der Waals surface area contributed by atoms with Gasteiger partial charge in [0.1, 0.15) is 5.69 Å². The van der Waals surface area contributed by atoms with Gasteiger partial charge in [-0.05, 0) is 45.6 Å². The molecule has 1 aromatic rings. The second kappa shape index (κ2) is 6.41. The molecule has 0 saturated heterocycles. The number of nitrogens with zero attached hydrogens (tertiary/aromatic N) is 2. The van der Waals surface area contributed by atoms with Crippen LogP contribution < -0.4 is 5.32 Å². The number of nitrogens with one attached hydrogen (secondary N) is 1. The fourth-order valence-corrected chi connectivity index (χ4v) is 2.47. The Morgan fingerprint density at radius 3 is 2.64 bits per heavy atom. The van der Waals surface area contributed by atoms with Crippen LogP contribution >= 0.6 is 0 Å². The Bertz CT molecular complexity index is 526. The Morgan fingerprint density at radius 2 is 2.14 bits per heavy atom. The molecule has 2 N–H and O–H groups in total. The van der Waals surface area contributed by atoms with Gasteiger partial charge in [-0.1, -0.05) is 20.3 Å². The number of amides is 1. The lowest BCUT2D eigenvalue weighted by Crippen LogP contribution is -2.35. The third-order valence-electron chi connectivity index (χ3n) is 4.37. The molecule has 1 aliphatic carbocycles. The highest BCUT2D eigenvalue weighted by atomic mass is 16.3. The average molecular weight is 307 g/mol. The van der Waals surface area contributed by atoms with E-state index in [0.717, 1.165) is 12.1 Å². The van der Waals surface area contributed by atoms with E-state index in [1.807, 2.05) is 24.6 Å². The summed E-state index contributed by atoms with van der Waals surface area (Å²) in [5, 5.41) is 17.3. The summed E-state index contributed by atoms with van der Waals surface area (Å²) in [6.45, 7) is 10.6. The van der Waals surface area contributed by atoms with Crippen molar-refractivity contribution in [3.63, 3.8) is 0 Å². The first-order chi connectivity index (χ1) is 10.2. The van der Waals surface area contributed by atoms with E-state index in [-0.39, 0.29) is 23.9 Å². The first-order valence-electron chi connectivity index (χ1n) is 8.30. The smallest absolute Gasteiger partial charge is 0.271 e. The molecule has 0 spiro atoms. The Hall–Kier alpha value is -1.36. The molecule has 1 heterocycles. The fourth-order valence-electron chi connectivity index (χ4n) is 2.47. The van der Waals surface area contributed by atoms with Crippen LogP contribution in [0.3, 0.4) is 0 Å². The summed E-state index contributed by atoms with van der Waals surface area (Å²) in [5.74, 6) is 0.515. The summed E-state index contributed by atoms with van der Waals surface area (Å²) >= 11 is 0. The maximum atomic E-state index is 12.3. The number of carbonyl (C=O) groups excluding carboxylic acids is 1. The van der Waals surface area contributed by atoms with Gasteiger partial charge in [0, 0.05) is 18.2 Å². The van der Waals surface area contributed by atoms with Crippen LogP contribution in [0, 0.1) is 5.92 Å². The molecule has 5 nitrogen and oxygen atoms in total. The third-order valence-corrected chi connectivity index (χ3v) is 4.37. The second-order valence-corrected chi connectivity index (χ2v) is 7.47. The van der Waals surface area contributed by atoms with E-state index in [9.17, 15) is 9.90 Å². The molecule has 2 atom stereocenters. The Kier molecular flexibility index (Phi) is 4.95. The Balaban J connectivity index is 2.07. The van der Waals surface area contributed by atoms with E-state index in [1.165, 1.54) is 12.8 Å². The maximum Gasteiger partial charge on any atom is 0.271 e. The van der Waals surface area contributed by atoms with Crippen LogP contribution in [-0.2, 0) is 5.54 Å². The zero-order valence-electron chi connectivity index (χ0n) is 14.4. The number of carbonyl (C=O) groups is 1.